The zero-order valence-electron chi connectivity index (χ0n) is 18.8. The highest BCUT2D eigenvalue weighted by Gasteiger charge is 2.17. The Labute approximate surface area is 200 Å². The van der Waals surface area contributed by atoms with Gasteiger partial charge >= 0.3 is 0 Å². The van der Waals surface area contributed by atoms with Crippen LogP contribution in [0.15, 0.2) is 83.1 Å². The number of ether oxygens (including phenoxy) is 1. The second kappa shape index (κ2) is 9.48. The predicted molar refractivity (Wildman–Crippen MR) is 132 cm³/mol. The molecule has 0 atom stereocenters. The van der Waals surface area contributed by atoms with Gasteiger partial charge in [-0.25, -0.2) is 4.98 Å². The van der Waals surface area contributed by atoms with Crippen LogP contribution in [0.3, 0.4) is 0 Å². The van der Waals surface area contributed by atoms with Crippen LogP contribution < -0.4 is 10.3 Å². The number of pyridine rings is 2. The number of aromatic nitrogens is 6. The topological polar surface area (TPSA) is 87.2 Å². The number of hydrogen-bond donors (Lipinski definition) is 0. The van der Waals surface area contributed by atoms with Crippen molar-refractivity contribution in [1.29, 1.82) is 0 Å². The van der Waals surface area contributed by atoms with Crippen molar-refractivity contribution in [1.82, 2.24) is 29.1 Å². The molecule has 0 bridgehead atoms. The molecule has 34 heavy (non-hydrogen) atoms. The third-order valence-corrected chi connectivity index (χ3v) is 6.17. The van der Waals surface area contributed by atoms with E-state index in [1.807, 2.05) is 66.9 Å². The van der Waals surface area contributed by atoms with Gasteiger partial charge in [-0.3, -0.25) is 18.7 Å². The molecule has 0 aliphatic rings. The van der Waals surface area contributed by atoms with Crippen molar-refractivity contribution in [3.63, 3.8) is 0 Å². The van der Waals surface area contributed by atoms with Crippen molar-refractivity contribution in [3.05, 3.63) is 94.8 Å². The number of rotatable bonds is 7. The van der Waals surface area contributed by atoms with Gasteiger partial charge in [0, 0.05) is 41.7 Å². The minimum atomic E-state index is -0.106. The monoisotopic (exact) mass is 470 g/mol. The molecule has 0 amide bonds. The summed E-state index contributed by atoms with van der Waals surface area (Å²) < 4.78 is 9.13. The highest BCUT2D eigenvalue weighted by molar-refractivity contribution is 7.98. The van der Waals surface area contributed by atoms with Crippen molar-refractivity contribution in [2.24, 2.45) is 0 Å². The summed E-state index contributed by atoms with van der Waals surface area (Å²) in [6, 6.07) is 17.0. The van der Waals surface area contributed by atoms with E-state index < -0.39 is 0 Å². The Hall–Kier alpha value is -3.98. The highest BCUT2D eigenvalue weighted by atomic mass is 32.2. The third-order valence-electron chi connectivity index (χ3n) is 5.20. The van der Waals surface area contributed by atoms with E-state index in [1.165, 1.54) is 11.8 Å². The lowest BCUT2D eigenvalue weighted by Gasteiger charge is -2.11. The van der Waals surface area contributed by atoms with E-state index in [1.54, 1.807) is 29.1 Å². The normalized spacial score (nSPS) is 11.1. The van der Waals surface area contributed by atoms with E-state index in [9.17, 15) is 4.79 Å². The molecule has 0 N–H and O–H groups in total. The van der Waals surface area contributed by atoms with Crippen molar-refractivity contribution < 1.29 is 4.74 Å². The largest absolute Gasteiger partial charge is 0.494 e. The van der Waals surface area contributed by atoms with Crippen LogP contribution in [-0.4, -0.2) is 35.7 Å². The standard InChI is InChI=1S/C25H22N6O2S/c1-3-33-21-6-4-20(5-7-21)31-24(18-8-11-26-12-9-18)28-29-25(31)34-16-19-15-23(32)30-13-10-17(2)14-22(30)27-19/h4-15H,3,16H2,1-2H3. The lowest BCUT2D eigenvalue weighted by atomic mass is 10.2. The first-order valence-electron chi connectivity index (χ1n) is 10.8. The molecule has 4 aromatic heterocycles. The number of benzene rings is 1. The SMILES string of the molecule is CCOc1ccc(-n2c(SCc3cc(=O)n4ccc(C)cc4n3)nnc2-c2ccncc2)cc1. The van der Waals surface area contributed by atoms with Crippen molar-refractivity contribution in [2.75, 3.05) is 6.61 Å². The van der Waals surface area contributed by atoms with Crippen LogP contribution in [-0.2, 0) is 5.75 Å². The first-order chi connectivity index (χ1) is 16.6. The maximum absolute atomic E-state index is 12.5. The summed E-state index contributed by atoms with van der Waals surface area (Å²) in [5.74, 6) is 1.98. The third kappa shape index (κ3) is 4.42. The molecule has 9 heteroatoms. The molecule has 0 saturated carbocycles. The Morgan fingerprint density at radius 1 is 1.00 bits per heavy atom. The molecule has 0 saturated heterocycles. The molecule has 5 aromatic rings. The number of aryl methyl sites for hydroxylation is 1. The van der Waals surface area contributed by atoms with Crippen LogP contribution >= 0.6 is 11.8 Å². The van der Waals surface area contributed by atoms with Gasteiger partial charge in [-0.15, -0.1) is 10.2 Å². The van der Waals surface area contributed by atoms with E-state index in [4.69, 9.17) is 4.74 Å². The van der Waals surface area contributed by atoms with Crippen molar-refractivity contribution in [2.45, 2.75) is 24.8 Å². The van der Waals surface area contributed by atoms with Gasteiger partial charge in [0.1, 0.15) is 11.4 Å². The van der Waals surface area contributed by atoms with Crippen molar-refractivity contribution in [3.8, 4) is 22.8 Å². The molecule has 0 radical (unpaired) electrons. The summed E-state index contributed by atoms with van der Waals surface area (Å²) in [5, 5.41) is 9.61. The van der Waals surface area contributed by atoms with Crippen LogP contribution in [0, 0.1) is 6.92 Å². The van der Waals surface area contributed by atoms with Crippen LogP contribution in [0.1, 0.15) is 18.2 Å². The molecule has 0 spiro atoms. The second-order valence-corrected chi connectivity index (χ2v) is 8.55. The fourth-order valence-electron chi connectivity index (χ4n) is 3.61. The average molecular weight is 471 g/mol. The zero-order valence-corrected chi connectivity index (χ0v) is 19.6. The zero-order chi connectivity index (χ0) is 23.5. The Bertz CT molecular complexity index is 1500. The highest BCUT2D eigenvalue weighted by Crippen LogP contribution is 2.30. The summed E-state index contributed by atoms with van der Waals surface area (Å²) in [6.45, 7) is 4.54. The van der Waals surface area contributed by atoms with Gasteiger partial charge in [-0.05, 0) is 67.9 Å². The van der Waals surface area contributed by atoms with Crippen molar-refractivity contribution >= 4 is 17.4 Å². The smallest absolute Gasteiger partial charge is 0.258 e. The minimum absolute atomic E-state index is 0.106. The number of nitrogens with zero attached hydrogens (tertiary/aromatic N) is 6. The average Bonchev–Trinajstić information content (AvgIpc) is 3.28. The van der Waals surface area contributed by atoms with Crippen LogP contribution in [0.2, 0.25) is 0 Å². The summed E-state index contributed by atoms with van der Waals surface area (Å²) in [7, 11) is 0. The molecule has 0 fully saturated rings. The van der Waals surface area contributed by atoms with Gasteiger partial charge in [-0.2, -0.15) is 0 Å². The van der Waals surface area contributed by atoms with Gasteiger partial charge in [0.15, 0.2) is 11.0 Å². The van der Waals surface area contributed by atoms with Gasteiger partial charge < -0.3 is 4.74 Å². The number of hydrogen-bond acceptors (Lipinski definition) is 7. The second-order valence-electron chi connectivity index (χ2n) is 7.61. The maximum Gasteiger partial charge on any atom is 0.258 e. The van der Waals surface area contributed by atoms with E-state index >= 15 is 0 Å². The fourth-order valence-corrected chi connectivity index (χ4v) is 4.45. The van der Waals surface area contributed by atoms with E-state index in [0.717, 1.165) is 22.6 Å². The molecule has 170 valence electrons. The van der Waals surface area contributed by atoms with E-state index in [0.29, 0.717) is 34.7 Å². The lowest BCUT2D eigenvalue weighted by molar-refractivity contribution is 0.340. The Balaban J connectivity index is 1.51. The Morgan fingerprint density at radius 2 is 1.79 bits per heavy atom. The van der Waals surface area contributed by atoms with Crippen LogP contribution in [0.25, 0.3) is 22.7 Å². The number of thioether (sulfide) groups is 1. The summed E-state index contributed by atoms with van der Waals surface area (Å²) in [5.41, 5.74) is 4.08. The molecule has 1 aromatic carbocycles. The van der Waals surface area contributed by atoms with Crippen LogP contribution in [0.5, 0.6) is 5.75 Å². The van der Waals surface area contributed by atoms with Gasteiger partial charge in [0.2, 0.25) is 0 Å². The Morgan fingerprint density at radius 3 is 2.56 bits per heavy atom. The molecular weight excluding hydrogens is 448 g/mol. The summed E-state index contributed by atoms with van der Waals surface area (Å²) in [6.07, 6.45) is 5.21. The molecule has 0 unspecified atom stereocenters. The molecular formula is C25H22N6O2S. The number of fused-ring (bicyclic) bond motifs is 1. The Kier molecular flexibility index (Phi) is 6.09. The van der Waals surface area contributed by atoms with Gasteiger partial charge in [-0.1, -0.05) is 11.8 Å². The van der Waals surface area contributed by atoms with Gasteiger partial charge in [0.25, 0.3) is 5.56 Å². The molecule has 0 aliphatic carbocycles. The van der Waals surface area contributed by atoms with Crippen LogP contribution in [0.4, 0.5) is 0 Å². The quantitative estimate of drug-likeness (QED) is 0.327. The first kappa shape index (κ1) is 21.8. The predicted octanol–water partition coefficient (Wildman–Crippen LogP) is 4.34. The molecule has 5 rings (SSSR count). The maximum atomic E-state index is 12.5. The van der Waals surface area contributed by atoms with E-state index in [-0.39, 0.29) is 5.56 Å². The van der Waals surface area contributed by atoms with Gasteiger partial charge in [0.05, 0.1) is 12.3 Å². The fraction of sp³-hybridized carbons (Fsp3) is 0.160. The lowest BCUT2D eigenvalue weighted by Crippen LogP contribution is -2.15. The van der Waals surface area contributed by atoms with E-state index in [2.05, 4.69) is 20.2 Å². The first-order valence-corrected chi connectivity index (χ1v) is 11.8. The molecule has 8 nitrogen and oxygen atoms in total. The summed E-state index contributed by atoms with van der Waals surface area (Å²) in [4.78, 5) is 21.3. The summed E-state index contributed by atoms with van der Waals surface area (Å²) >= 11 is 1.48. The molecule has 0 aliphatic heterocycles. The minimum Gasteiger partial charge on any atom is -0.494 e. The molecule has 4 heterocycles.